The third kappa shape index (κ3) is 5.93. The van der Waals surface area contributed by atoms with Crippen molar-refractivity contribution < 1.29 is 4.90 Å². The number of likely N-dealkylation sites (N-methyl/N-ethyl adjacent to an activating group) is 1. The molecule has 3 nitrogen and oxygen atoms in total. The third-order valence-corrected chi connectivity index (χ3v) is 4.69. The average molecular weight is 321 g/mol. The molecule has 1 fully saturated rings. The second kappa shape index (κ2) is 9.11. The van der Waals surface area contributed by atoms with Gasteiger partial charge in [-0.05, 0) is 30.6 Å². The summed E-state index contributed by atoms with van der Waals surface area (Å²) < 4.78 is 0. The molecule has 0 unspecified atom stereocenters. The SMILES string of the molecule is C[NH+](C)CCN(Cc1ccccc1)C(=S)NC1CCCCC1. The number of hydrogen-bond donors (Lipinski definition) is 2. The van der Waals surface area contributed by atoms with Gasteiger partial charge in [0, 0.05) is 12.6 Å². The molecule has 0 heterocycles. The van der Waals surface area contributed by atoms with Crippen LogP contribution in [-0.4, -0.2) is 43.2 Å². The number of nitrogens with zero attached hydrogens (tertiary/aromatic N) is 1. The van der Waals surface area contributed by atoms with E-state index >= 15 is 0 Å². The molecule has 0 spiro atoms. The van der Waals surface area contributed by atoms with E-state index in [9.17, 15) is 0 Å². The van der Waals surface area contributed by atoms with E-state index in [1.54, 1.807) is 0 Å². The highest BCUT2D eigenvalue weighted by atomic mass is 32.1. The molecule has 0 amide bonds. The number of rotatable bonds is 6. The fourth-order valence-electron chi connectivity index (χ4n) is 2.93. The lowest BCUT2D eigenvalue weighted by Gasteiger charge is -2.31. The molecule has 2 N–H and O–H groups in total. The molecule has 22 heavy (non-hydrogen) atoms. The van der Waals surface area contributed by atoms with Crippen LogP contribution in [0.2, 0.25) is 0 Å². The van der Waals surface area contributed by atoms with Crippen LogP contribution in [-0.2, 0) is 6.54 Å². The molecule has 1 aliphatic rings. The molecule has 0 radical (unpaired) electrons. The Hall–Kier alpha value is -1.13. The molecular formula is C18H30N3S+. The fourth-order valence-corrected chi connectivity index (χ4v) is 3.25. The van der Waals surface area contributed by atoms with Gasteiger partial charge >= 0.3 is 0 Å². The van der Waals surface area contributed by atoms with Crippen LogP contribution < -0.4 is 10.2 Å². The normalized spacial score (nSPS) is 15.8. The highest BCUT2D eigenvalue weighted by Gasteiger charge is 2.18. The molecule has 0 aliphatic heterocycles. The maximum Gasteiger partial charge on any atom is 0.169 e. The second-order valence-corrected chi connectivity index (χ2v) is 7.04. The molecule has 1 aromatic carbocycles. The van der Waals surface area contributed by atoms with Crippen LogP contribution in [0.5, 0.6) is 0 Å². The van der Waals surface area contributed by atoms with Crippen molar-refractivity contribution in [3.63, 3.8) is 0 Å². The number of nitrogens with one attached hydrogen (secondary N) is 2. The Labute approximate surface area is 140 Å². The van der Waals surface area contributed by atoms with Crippen molar-refractivity contribution in [1.29, 1.82) is 0 Å². The summed E-state index contributed by atoms with van der Waals surface area (Å²) in [7, 11) is 4.39. The molecule has 2 rings (SSSR count). The highest BCUT2D eigenvalue weighted by molar-refractivity contribution is 7.80. The molecule has 4 heteroatoms. The largest absolute Gasteiger partial charge is 0.360 e. The first-order valence-electron chi connectivity index (χ1n) is 8.53. The predicted molar refractivity (Wildman–Crippen MR) is 97.1 cm³/mol. The van der Waals surface area contributed by atoms with E-state index in [0.717, 1.165) is 24.7 Å². The van der Waals surface area contributed by atoms with Crippen molar-refractivity contribution in [3.8, 4) is 0 Å². The van der Waals surface area contributed by atoms with Gasteiger partial charge in [0.2, 0.25) is 0 Å². The lowest BCUT2D eigenvalue weighted by Crippen LogP contribution is -3.06. The summed E-state index contributed by atoms with van der Waals surface area (Å²) in [5, 5.41) is 4.54. The van der Waals surface area contributed by atoms with Crippen LogP contribution >= 0.6 is 12.2 Å². The minimum absolute atomic E-state index is 0.575. The van der Waals surface area contributed by atoms with Gasteiger partial charge in [0.25, 0.3) is 0 Å². The van der Waals surface area contributed by atoms with Gasteiger partial charge in [0.1, 0.15) is 0 Å². The maximum atomic E-state index is 5.71. The van der Waals surface area contributed by atoms with Crippen molar-refractivity contribution in [1.82, 2.24) is 10.2 Å². The Morgan fingerprint density at radius 1 is 1.18 bits per heavy atom. The molecule has 0 saturated heterocycles. The Bertz CT molecular complexity index is 441. The smallest absolute Gasteiger partial charge is 0.169 e. The average Bonchev–Trinajstić information content (AvgIpc) is 2.53. The maximum absolute atomic E-state index is 5.71. The van der Waals surface area contributed by atoms with Gasteiger partial charge in [0.15, 0.2) is 5.11 Å². The van der Waals surface area contributed by atoms with Gasteiger partial charge in [-0.25, -0.2) is 0 Å². The lowest BCUT2D eigenvalue weighted by molar-refractivity contribution is -0.857. The lowest BCUT2D eigenvalue weighted by atomic mass is 9.96. The van der Waals surface area contributed by atoms with Gasteiger partial charge in [0.05, 0.1) is 27.2 Å². The topological polar surface area (TPSA) is 19.7 Å². The van der Waals surface area contributed by atoms with E-state index in [1.165, 1.54) is 42.6 Å². The Morgan fingerprint density at radius 2 is 1.86 bits per heavy atom. The molecule has 0 bridgehead atoms. The Balaban J connectivity index is 1.94. The molecular weight excluding hydrogens is 290 g/mol. The summed E-state index contributed by atoms with van der Waals surface area (Å²) >= 11 is 5.71. The Kier molecular flexibility index (Phi) is 7.13. The fraction of sp³-hybridized carbons (Fsp3) is 0.611. The zero-order chi connectivity index (χ0) is 15.8. The van der Waals surface area contributed by atoms with Gasteiger partial charge in [-0.1, -0.05) is 49.6 Å². The zero-order valence-electron chi connectivity index (χ0n) is 14.0. The standard InChI is InChI=1S/C18H29N3S/c1-20(2)13-14-21(15-16-9-5-3-6-10-16)18(22)19-17-11-7-4-8-12-17/h3,5-6,9-10,17H,4,7-8,11-15H2,1-2H3,(H,19,22)/p+1. The van der Waals surface area contributed by atoms with E-state index in [4.69, 9.17) is 12.2 Å². The van der Waals surface area contributed by atoms with Crippen LogP contribution in [0.4, 0.5) is 0 Å². The first-order chi connectivity index (χ1) is 10.6. The van der Waals surface area contributed by atoms with Gasteiger partial charge in [-0.3, -0.25) is 0 Å². The minimum Gasteiger partial charge on any atom is -0.360 e. The first kappa shape index (κ1) is 17.2. The van der Waals surface area contributed by atoms with Crippen molar-refractivity contribution >= 4 is 17.3 Å². The van der Waals surface area contributed by atoms with E-state index in [1.807, 2.05) is 0 Å². The van der Waals surface area contributed by atoms with Crippen LogP contribution in [0.15, 0.2) is 30.3 Å². The van der Waals surface area contributed by atoms with Crippen LogP contribution in [0.3, 0.4) is 0 Å². The van der Waals surface area contributed by atoms with E-state index in [-0.39, 0.29) is 0 Å². The number of thiocarbonyl (C=S) groups is 1. The molecule has 1 aromatic rings. The van der Waals surface area contributed by atoms with E-state index in [0.29, 0.717) is 6.04 Å². The van der Waals surface area contributed by atoms with Crippen molar-refractivity contribution in [2.75, 3.05) is 27.2 Å². The number of benzene rings is 1. The zero-order valence-corrected chi connectivity index (χ0v) is 14.8. The predicted octanol–water partition coefficient (Wildman–Crippen LogP) is 1.84. The number of hydrogen-bond acceptors (Lipinski definition) is 1. The third-order valence-electron chi connectivity index (χ3n) is 4.32. The second-order valence-electron chi connectivity index (χ2n) is 6.65. The van der Waals surface area contributed by atoms with Gasteiger partial charge in [-0.2, -0.15) is 0 Å². The summed E-state index contributed by atoms with van der Waals surface area (Å²) in [5.74, 6) is 0. The quantitative estimate of drug-likeness (QED) is 0.781. The first-order valence-corrected chi connectivity index (χ1v) is 8.94. The van der Waals surface area contributed by atoms with Crippen molar-refractivity contribution in [2.45, 2.75) is 44.7 Å². The molecule has 122 valence electrons. The van der Waals surface area contributed by atoms with E-state index in [2.05, 4.69) is 54.6 Å². The monoisotopic (exact) mass is 320 g/mol. The van der Waals surface area contributed by atoms with Crippen molar-refractivity contribution in [3.05, 3.63) is 35.9 Å². The van der Waals surface area contributed by atoms with Gasteiger partial charge < -0.3 is 15.1 Å². The Morgan fingerprint density at radius 3 is 2.50 bits per heavy atom. The van der Waals surface area contributed by atoms with Crippen LogP contribution in [0, 0.1) is 0 Å². The van der Waals surface area contributed by atoms with Crippen LogP contribution in [0.1, 0.15) is 37.7 Å². The van der Waals surface area contributed by atoms with Gasteiger partial charge in [-0.15, -0.1) is 0 Å². The van der Waals surface area contributed by atoms with Crippen molar-refractivity contribution in [2.24, 2.45) is 0 Å². The number of quaternary nitrogens is 1. The molecule has 1 saturated carbocycles. The summed E-state index contributed by atoms with van der Waals surface area (Å²) in [6.07, 6.45) is 6.57. The summed E-state index contributed by atoms with van der Waals surface area (Å²) in [5.41, 5.74) is 1.32. The molecule has 0 atom stereocenters. The van der Waals surface area contributed by atoms with Crippen LogP contribution in [0.25, 0.3) is 0 Å². The minimum atomic E-state index is 0.575. The molecule has 1 aliphatic carbocycles. The summed E-state index contributed by atoms with van der Waals surface area (Å²) in [6.45, 7) is 2.99. The molecule has 0 aromatic heterocycles. The van der Waals surface area contributed by atoms with E-state index < -0.39 is 0 Å². The highest BCUT2D eigenvalue weighted by Crippen LogP contribution is 2.17. The summed E-state index contributed by atoms with van der Waals surface area (Å²) in [4.78, 5) is 3.78. The summed E-state index contributed by atoms with van der Waals surface area (Å²) in [6, 6.07) is 11.2.